The van der Waals surface area contributed by atoms with Crippen LogP contribution in [0.5, 0.6) is 0 Å². The fourth-order valence-corrected chi connectivity index (χ4v) is 9.30. The SMILES string of the molecule is O=C(Nc1cccc(C(F)(F)F)c1)OC1C[C@H](n2cc(C#CCc3ccccc3)c(=O)[nH]c2=O)O[C@@H]1COP(=O)([O-])OP(=O)([O-])OP(=O)([O-])OCC1CCCCC1. The van der Waals surface area contributed by atoms with Crippen molar-refractivity contribution in [2.75, 3.05) is 18.5 Å². The third-order valence-corrected chi connectivity index (χ3v) is 12.6. The van der Waals surface area contributed by atoms with Crippen molar-refractivity contribution in [2.45, 2.75) is 69.6 Å². The monoisotopic (exact) mass is 862 g/mol. The summed E-state index contributed by atoms with van der Waals surface area (Å²) >= 11 is 0. The number of carbonyl (C=O) groups is 1. The molecule has 2 N–H and O–H groups in total. The number of rotatable bonds is 14. The number of phosphoric ester groups is 2. The Morgan fingerprint density at radius 1 is 0.930 bits per heavy atom. The number of nitrogens with zero attached hydrogens (tertiary/aromatic N) is 1. The number of hydrogen-bond acceptors (Lipinski definition) is 15. The third kappa shape index (κ3) is 13.6. The molecule has 2 aliphatic rings. The average molecular weight is 863 g/mol. The zero-order chi connectivity index (χ0) is 41.4. The number of benzene rings is 2. The van der Waals surface area contributed by atoms with Gasteiger partial charge in [0.05, 0.1) is 18.8 Å². The van der Waals surface area contributed by atoms with Crippen molar-refractivity contribution in [3.05, 3.63) is 98.3 Å². The Hall–Kier alpha value is -3.89. The van der Waals surface area contributed by atoms with Crippen molar-refractivity contribution in [3.63, 3.8) is 0 Å². The van der Waals surface area contributed by atoms with Gasteiger partial charge in [0.1, 0.15) is 24.0 Å². The van der Waals surface area contributed by atoms with Crippen LogP contribution in [0.1, 0.15) is 61.4 Å². The van der Waals surface area contributed by atoms with E-state index < -0.39 is 90.6 Å². The van der Waals surface area contributed by atoms with E-state index in [1.165, 1.54) is 0 Å². The number of hydrogen-bond donors (Lipinski definition) is 2. The molecule has 1 saturated heterocycles. The predicted molar refractivity (Wildman–Crippen MR) is 186 cm³/mol. The number of amides is 1. The Balaban J connectivity index is 1.30. The lowest BCUT2D eigenvalue weighted by atomic mass is 9.90. The van der Waals surface area contributed by atoms with Crippen molar-refractivity contribution in [1.29, 1.82) is 0 Å². The van der Waals surface area contributed by atoms with E-state index in [0.29, 0.717) is 18.9 Å². The van der Waals surface area contributed by atoms with E-state index in [9.17, 15) is 55.9 Å². The second-order valence-corrected chi connectivity index (χ2v) is 17.3. The second kappa shape index (κ2) is 18.8. The first-order valence-electron chi connectivity index (χ1n) is 17.1. The summed E-state index contributed by atoms with van der Waals surface area (Å²) in [5.74, 6) is 5.22. The van der Waals surface area contributed by atoms with Crippen LogP contribution in [0.4, 0.5) is 23.7 Å². The Labute approximate surface area is 322 Å². The summed E-state index contributed by atoms with van der Waals surface area (Å²) in [6, 6.07) is 12.4. The number of alkyl halides is 3. The third-order valence-electron chi connectivity index (χ3n) is 8.50. The van der Waals surface area contributed by atoms with E-state index in [2.05, 4.69) is 39.8 Å². The van der Waals surface area contributed by atoms with E-state index in [4.69, 9.17) is 9.47 Å². The van der Waals surface area contributed by atoms with Gasteiger partial charge in [0.15, 0.2) is 0 Å². The Kier molecular flexibility index (Phi) is 14.6. The molecule has 18 nitrogen and oxygen atoms in total. The molecule has 5 rings (SSSR count). The van der Waals surface area contributed by atoms with Crippen LogP contribution in [0, 0.1) is 17.8 Å². The number of anilines is 1. The maximum atomic E-state index is 13.2. The number of aromatic nitrogens is 2. The normalized spacial score (nSPS) is 22.0. The van der Waals surface area contributed by atoms with Gasteiger partial charge in [-0.3, -0.25) is 33.4 Å². The standard InChI is InChI=1S/C33H37F3N3O15P3/c34-33(35,36)25-15-8-16-26(17-25)37-32(42)52-27-18-29(39-19-24(30(40)38-31(39)41)14-7-13-22-9-3-1-4-10-22)51-28(27)21-50-56(45,46)54-57(47,48)53-55(43,44)49-20-23-11-5-2-6-12-23/h1,3-4,8-10,15-17,19,23,27-29H,2,5-6,11-13,18,20-21H2,(H,37,42)(H,43,44)(H,45,46)(H,47,48)(H,38,40,41)/p-3/t27?,28-,29-/m1/s1. The quantitative estimate of drug-likeness (QED) is 0.171. The van der Waals surface area contributed by atoms with E-state index in [1.807, 2.05) is 0 Å². The Bertz CT molecular complexity index is 2220. The van der Waals surface area contributed by atoms with Crippen molar-refractivity contribution in [1.82, 2.24) is 9.55 Å². The minimum atomic E-state index is -6.23. The molecule has 0 bridgehead atoms. The number of carbonyl (C=O) groups excluding carboxylic acids is 1. The van der Waals surface area contributed by atoms with Gasteiger partial charge in [0, 0.05) is 24.7 Å². The van der Waals surface area contributed by atoms with Crippen LogP contribution in [-0.2, 0) is 53.4 Å². The smallest absolute Gasteiger partial charge is 0.416 e. The highest BCUT2D eigenvalue weighted by atomic mass is 31.3. The molecule has 4 unspecified atom stereocenters. The van der Waals surface area contributed by atoms with Crippen LogP contribution in [-0.4, -0.2) is 41.1 Å². The van der Waals surface area contributed by atoms with Crippen LogP contribution >= 0.6 is 23.5 Å². The molecule has 310 valence electrons. The minimum absolute atomic E-state index is 0.198. The topological polar surface area (TPSA) is 260 Å². The van der Waals surface area contributed by atoms with Gasteiger partial charge in [0.25, 0.3) is 29.0 Å². The fraction of sp³-hybridized carbons (Fsp3) is 0.424. The van der Waals surface area contributed by atoms with E-state index in [0.717, 1.165) is 53.8 Å². The highest BCUT2D eigenvalue weighted by molar-refractivity contribution is 7.65. The van der Waals surface area contributed by atoms with Crippen molar-refractivity contribution in [2.24, 2.45) is 5.92 Å². The van der Waals surface area contributed by atoms with E-state index in [1.54, 1.807) is 30.3 Å². The summed E-state index contributed by atoms with van der Waals surface area (Å²) in [5.41, 5.74) is -2.73. The van der Waals surface area contributed by atoms with Gasteiger partial charge in [-0.25, -0.2) is 18.2 Å². The first-order valence-corrected chi connectivity index (χ1v) is 21.5. The minimum Gasteiger partial charge on any atom is -0.756 e. The zero-order valence-electron chi connectivity index (χ0n) is 29.5. The van der Waals surface area contributed by atoms with Crippen LogP contribution < -0.4 is 31.2 Å². The summed E-state index contributed by atoms with van der Waals surface area (Å²) in [5, 5.41) is 2.08. The van der Waals surface area contributed by atoms with Crippen molar-refractivity contribution >= 4 is 35.2 Å². The predicted octanol–water partition coefficient (Wildman–Crippen LogP) is 4.11. The number of aromatic amines is 1. The van der Waals surface area contributed by atoms with Gasteiger partial charge < -0.3 is 33.2 Å². The first-order chi connectivity index (χ1) is 26.8. The number of ether oxygens (including phenoxy) is 2. The fourth-order valence-electron chi connectivity index (χ4n) is 5.85. The van der Waals surface area contributed by atoms with Crippen molar-refractivity contribution in [3.8, 4) is 11.8 Å². The Morgan fingerprint density at radius 2 is 1.60 bits per heavy atom. The molecule has 2 heterocycles. The molecule has 1 aliphatic carbocycles. The van der Waals surface area contributed by atoms with Gasteiger partial charge in [-0.15, -0.1) is 0 Å². The van der Waals surface area contributed by atoms with Gasteiger partial charge in [0.2, 0.25) is 0 Å². The lowest BCUT2D eigenvalue weighted by Crippen LogP contribution is -2.34. The van der Waals surface area contributed by atoms with Gasteiger partial charge >= 0.3 is 18.0 Å². The highest BCUT2D eigenvalue weighted by Gasteiger charge is 2.41. The van der Waals surface area contributed by atoms with Crippen molar-refractivity contribution < 1.29 is 73.5 Å². The second-order valence-electron chi connectivity index (χ2n) is 12.8. The molecule has 0 spiro atoms. The van der Waals surface area contributed by atoms with Crippen LogP contribution in [0.3, 0.4) is 0 Å². The van der Waals surface area contributed by atoms with Crippen LogP contribution in [0.15, 0.2) is 70.4 Å². The molecule has 2 aromatic carbocycles. The first kappa shape index (κ1) is 44.2. The van der Waals surface area contributed by atoms with E-state index in [-0.39, 0.29) is 23.6 Å². The molecule has 2 fully saturated rings. The molecule has 1 saturated carbocycles. The molecule has 3 aromatic rings. The van der Waals surface area contributed by atoms with Crippen LogP contribution in [0.2, 0.25) is 0 Å². The largest absolute Gasteiger partial charge is 0.756 e. The lowest BCUT2D eigenvalue weighted by molar-refractivity contribution is -0.252. The summed E-state index contributed by atoms with van der Waals surface area (Å²) in [6.07, 6.45) is -6.25. The lowest BCUT2D eigenvalue weighted by Gasteiger charge is -2.35. The van der Waals surface area contributed by atoms with Gasteiger partial charge in [-0.1, -0.05) is 67.5 Å². The van der Waals surface area contributed by atoms with Crippen LogP contribution in [0.25, 0.3) is 0 Å². The molecule has 1 aromatic heterocycles. The summed E-state index contributed by atoms with van der Waals surface area (Å²) in [7, 11) is -17.9. The molecule has 24 heteroatoms. The highest BCUT2D eigenvalue weighted by Crippen LogP contribution is 2.63. The zero-order valence-corrected chi connectivity index (χ0v) is 32.2. The summed E-state index contributed by atoms with van der Waals surface area (Å²) in [4.78, 5) is 77.4. The maximum Gasteiger partial charge on any atom is 0.416 e. The number of halogens is 3. The van der Waals surface area contributed by atoms with Gasteiger partial charge in [-0.2, -0.15) is 13.2 Å². The van der Waals surface area contributed by atoms with Gasteiger partial charge in [-0.05, 0) is 42.5 Å². The summed E-state index contributed by atoms with van der Waals surface area (Å²) < 4.78 is 106. The Morgan fingerprint density at radius 3 is 2.26 bits per heavy atom. The molecule has 1 aliphatic heterocycles. The molecule has 57 heavy (non-hydrogen) atoms. The number of nitrogens with one attached hydrogen (secondary N) is 2. The maximum absolute atomic E-state index is 13.2. The average Bonchev–Trinajstić information content (AvgIpc) is 3.52. The number of H-pyrrole nitrogens is 1. The summed E-state index contributed by atoms with van der Waals surface area (Å²) in [6.45, 7) is -1.61. The number of phosphoric acid groups is 3. The molecular weight excluding hydrogens is 828 g/mol. The van der Waals surface area contributed by atoms with E-state index >= 15 is 0 Å². The molecule has 0 radical (unpaired) electrons. The molecule has 1 amide bonds. The molecule has 6 atom stereocenters. The molecular formula is C33H34F3N3O15P3-3.